The van der Waals surface area contributed by atoms with Crippen molar-refractivity contribution in [1.82, 2.24) is 0 Å². The molecule has 0 radical (unpaired) electrons. The first-order valence-corrected chi connectivity index (χ1v) is 12.5. The zero-order valence-electron chi connectivity index (χ0n) is 19.1. The van der Waals surface area contributed by atoms with Crippen molar-refractivity contribution >= 4 is 62.1 Å². The Morgan fingerprint density at radius 2 is 1.54 bits per heavy atom. The SMILES string of the molecule is COc1ccc(C)cc1S(=O)(=O)N(CC(=O)Nc1ccc(NC(C)=O)cc1)c1ccc(Cl)c(Cl)c1. The van der Waals surface area contributed by atoms with Crippen LogP contribution in [0, 0.1) is 6.92 Å². The second kappa shape index (κ2) is 11.0. The van der Waals surface area contributed by atoms with E-state index >= 15 is 0 Å². The quantitative estimate of drug-likeness (QED) is 0.417. The molecule has 0 aliphatic carbocycles. The Balaban J connectivity index is 1.96. The minimum absolute atomic E-state index is 0.0986. The normalized spacial score (nSPS) is 11.0. The lowest BCUT2D eigenvalue weighted by Gasteiger charge is -2.25. The first kappa shape index (κ1) is 26.3. The van der Waals surface area contributed by atoms with Crippen molar-refractivity contribution in [3.05, 3.63) is 76.3 Å². The van der Waals surface area contributed by atoms with Crippen LogP contribution in [0.3, 0.4) is 0 Å². The number of rotatable bonds is 8. The fourth-order valence-electron chi connectivity index (χ4n) is 3.23. The van der Waals surface area contributed by atoms with Gasteiger partial charge >= 0.3 is 0 Å². The first-order chi connectivity index (χ1) is 16.5. The summed E-state index contributed by atoms with van der Waals surface area (Å²) in [7, 11) is -2.89. The molecule has 184 valence electrons. The first-order valence-electron chi connectivity index (χ1n) is 10.3. The molecule has 8 nitrogen and oxygen atoms in total. The molecule has 0 atom stereocenters. The number of ether oxygens (including phenoxy) is 1. The van der Waals surface area contributed by atoms with Crippen LogP contribution in [-0.2, 0) is 19.6 Å². The van der Waals surface area contributed by atoms with Crippen LogP contribution < -0.4 is 19.7 Å². The predicted molar refractivity (Wildman–Crippen MR) is 138 cm³/mol. The molecule has 0 fully saturated rings. The Morgan fingerprint density at radius 3 is 2.11 bits per heavy atom. The van der Waals surface area contributed by atoms with E-state index in [9.17, 15) is 18.0 Å². The highest BCUT2D eigenvalue weighted by atomic mass is 35.5. The van der Waals surface area contributed by atoms with Crippen LogP contribution in [0.15, 0.2) is 65.6 Å². The summed E-state index contributed by atoms with van der Waals surface area (Å²) in [4.78, 5) is 24.0. The van der Waals surface area contributed by atoms with Crippen LogP contribution in [0.4, 0.5) is 17.1 Å². The van der Waals surface area contributed by atoms with Gasteiger partial charge in [0.2, 0.25) is 11.8 Å². The number of hydrogen-bond acceptors (Lipinski definition) is 5. The van der Waals surface area contributed by atoms with Crippen molar-refractivity contribution in [3.63, 3.8) is 0 Å². The summed E-state index contributed by atoms with van der Waals surface area (Å²) in [6.45, 7) is 2.58. The van der Waals surface area contributed by atoms with E-state index in [1.807, 2.05) is 0 Å². The van der Waals surface area contributed by atoms with Crippen LogP contribution in [0.2, 0.25) is 10.0 Å². The van der Waals surface area contributed by atoms with Gasteiger partial charge in [0.1, 0.15) is 17.2 Å². The van der Waals surface area contributed by atoms with Crippen LogP contribution in [0.5, 0.6) is 5.75 Å². The molecule has 35 heavy (non-hydrogen) atoms. The van der Waals surface area contributed by atoms with Crippen LogP contribution >= 0.6 is 23.2 Å². The van der Waals surface area contributed by atoms with Gasteiger partial charge in [-0.2, -0.15) is 0 Å². The second-order valence-corrected chi connectivity index (χ2v) is 10.2. The number of aryl methyl sites for hydroxylation is 1. The lowest BCUT2D eigenvalue weighted by Crippen LogP contribution is -2.38. The lowest BCUT2D eigenvalue weighted by atomic mass is 10.2. The van der Waals surface area contributed by atoms with E-state index < -0.39 is 22.5 Å². The minimum Gasteiger partial charge on any atom is -0.495 e. The molecule has 0 heterocycles. The van der Waals surface area contributed by atoms with E-state index in [1.54, 1.807) is 43.3 Å². The van der Waals surface area contributed by atoms with Gasteiger partial charge in [0.25, 0.3) is 10.0 Å². The van der Waals surface area contributed by atoms with Crippen molar-refractivity contribution in [2.75, 3.05) is 28.6 Å². The zero-order chi connectivity index (χ0) is 25.8. The molecule has 0 saturated carbocycles. The summed E-state index contributed by atoms with van der Waals surface area (Å²) in [5, 5.41) is 5.67. The molecule has 0 aliphatic heterocycles. The highest BCUT2D eigenvalue weighted by Gasteiger charge is 2.30. The van der Waals surface area contributed by atoms with Gasteiger partial charge in [0.15, 0.2) is 0 Å². The summed E-state index contributed by atoms with van der Waals surface area (Å²) < 4.78 is 33.7. The average Bonchev–Trinajstić information content (AvgIpc) is 2.80. The lowest BCUT2D eigenvalue weighted by molar-refractivity contribution is -0.115. The molecule has 0 spiro atoms. The van der Waals surface area contributed by atoms with E-state index in [-0.39, 0.29) is 32.3 Å². The summed E-state index contributed by atoms with van der Waals surface area (Å²) in [6, 6.07) is 15.4. The molecule has 2 N–H and O–H groups in total. The molecule has 0 aromatic heterocycles. The van der Waals surface area contributed by atoms with Crippen LogP contribution in [0.25, 0.3) is 0 Å². The monoisotopic (exact) mass is 535 g/mol. The van der Waals surface area contributed by atoms with Gasteiger partial charge in [-0.1, -0.05) is 29.3 Å². The number of sulfonamides is 1. The van der Waals surface area contributed by atoms with E-state index in [2.05, 4.69) is 10.6 Å². The number of carbonyl (C=O) groups is 2. The van der Waals surface area contributed by atoms with E-state index in [1.165, 1.54) is 38.3 Å². The van der Waals surface area contributed by atoms with E-state index in [0.717, 1.165) is 4.31 Å². The van der Waals surface area contributed by atoms with Crippen molar-refractivity contribution in [2.24, 2.45) is 0 Å². The number of benzene rings is 3. The van der Waals surface area contributed by atoms with Crippen molar-refractivity contribution in [2.45, 2.75) is 18.7 Å². The smallest absolute Gasteiger partial charge is 0.268 e. The van der Waals surface area contributed by atoms with Gasteiger partial charge in [-0.05, 0) is 67.1 Å². The number of halogens is 2. The van der Waals surface area contributed by atoms with Gasteiger partial charge < -0.3 is 15.4 Å². The summed E-state index contributed by atoms with van der Waals surface area (Å²) in [6.07, 6.45) is 0. The molecule has 3 aromatic carbocycles. The molecule has 2 amide bonds. The third-order valence-corrected chi connectivity index (χ3v) is 7.39. The Bertz CT molecular complexity index is 1360. The van der Waals surface area contributed by atoms with Gasteiger partial charge in [0, 0.05) is 18.3 Å². The molecular weight excluding hydrogens is 513 g/mol. The minimum atomic E-state index is -4.26. The topological polar surface area (TPSA) is 105 Å². The third-order valence-electron chi connectivity index (χ3n) is 4.85. The summed E-state index contributed by atoms with van der Waals surface area (Å²) in [5.41, 5.74) is 1.83. The Hall–Kier alpha value is -3.27. The van der Waals surface area contributed by atoms with Crippen LogP contribution in [0.1, 0.15) is 12.5 Å². The average molecular weight is 536 g/mol. The molecule has 11 heteroatoms. The number of hydrogen-bond donors (Lipinski definition) is 2. The fourth-order valence-corrected chi connectivity index (χ4v) is 5.18. The maximum Gasteiger partial charge on any atom is 0.268 e. The van der Waals surface area contributed by atoms with Crippen molar-refractivity contribution < 1.29 is 22.7 Å². The van der Waals surface area contributed by atoms with Gasteiger partial charge in [-0.25, -0.2) is 8.42 Å². The molecule has 0 saturated heterocycles. The second-order valence-electron chi connectivity index (χ2n) is 7.57. The number of methoxy groups -OCH3 is 1. The number of nitrogens with zero attached hydrogens (tertiary/aromatic N) is 1. The predicted octanol–water partition coefficient (Wildman–Crippen LogP) is 5.10. The number of anilines is 3. The summed E-state index contributed by atoms with van der Waals surface area (Å²) in [5.74, 6) is -0.691. The highest BCUT2D eigenvalue weighted by Crippen LogP contribution is 2.33. The number of nitrogens with one attached hydrogen (secondary N) is 2. The number of amides is 2. The Kier molecular flexibility index (Phi) is 8.26. The molecular formula is C24H23Cl2N3O5S. The maximum absolute atomic E-state index is 13.7. The standard InChI is InChI=1S/C24H23Cl2N3O5S/c1-15-4-11-22(34-3)23(12-15)35(32,33)29(19-9-10-20(25)21(26)13-19)14-24(31)28-18-7-5-17(6-8-18)27-16(2)30/h4-13H,14H2,1-3H3,(H,27,30)(H,28,31). The Morgan fingerprint density at radius 1 is 0.914 bits per heavy atom. The zero-order valence-corrected chi connectivity index (χ0v) is 21.5. The van der Waals surface area contributed by atoms with Gasteiger partial charge in [0.05, 0.1) is 22.8 Å². The van der Waals surface area contributed by atoms with E-state index in [0.29, 0.717) is 16.9 Å². The largest absolute Gasteiger partial charge is 0.495 e. The highest BCUT2D eigenvalue weighted by molar-refractivity contribution is 7.93. The van der Waals surface area contributed by atoms with Crippen molar-refractivity contribution in [3.8, 4) is 5.75 Å². The molecule has 3 rings (SSSR count). The van der Waals surface area contributed by atoms with Gasteiger partial charge in [-0.15, -0.1) is 0 Å². The van der Waals surface area contributed by atoms with Gasteiger partial charge in [-0.3, -0.25) is 13.9 Å². The van der Waals surface area contributed by atoms with Crippen LogP contribution in [-0.4, -0.2) is 33.9 Å². The number of carbonyl (C=O) groups excluding carboxylic acids is 2. The molecule has 0 aliphatic rings. The maximum atomic E-state index is 13.7. The van der Waals surface area contributed by atoms with Crippen molar-refractivity contribution in [1.29, 1.82) is 0 Å². The summed E-state index contributed by atoms with van der Waals surface area (Å²) >= 11 is 12.2. The third kappa shape index (κ3) is 6.45. The fraction of sp³-hybridized carbons (Fsp3) is 0.167. The molecule has 0 unspecified atom stereocenters. The van der Waals surface area contributed by atoms with E-state index in [4.69, 9.17) is 27.9 Å². The Labute approximate surface area is 213 Å². The molecule has 0 bridgehead atoms. The molecule has 3 aromatic rings.